The molecule has 0 aliphatic rings. The highest BCUT2D eigenvalue weighted by atomic mass is 79.9. The number of rotatable bonds is 2. The van der Waals surface area contributed by atoms with E-state index in [9.17, 15) is 22.4 Å². The second kappa shape index (κ2) is 5.88. The minimum absolute atomic E-state index is 0.191. The monoisotopic (exact) mass is 424 g/mol. The molecule has 0 unspecified atom stereocenters. The van der Waals surface area contributed by atoms with Crippen LogP contribution in [0, 0.1) is 5.82 Å². The number of benzene rings is 2. The van der Waals surface area contributed by atoms with Crippen molar-refractivity contribution in [3.05, 3.63) is 67.9 Å². The molecule has 0 saturated heterocycles. The van der Waals surface area contributed by atoms with Crippen molar-refractivity contribution in [3.8, 4) is 0 Å². The fourth-order valence-electron chi connectivity index (χ4n) is 1.74. The molecule has 0 fully saturated rings. The molecule has 0 saturated carbocycles. The Morgan fingerprint density at radius 2 is 1.48 bits per heavy atom. The second-order valence-corrected chi connectivity index (χ2v) is 6.01. The summed E-state index contributed by atoms with van der Waals surface area (Å²) in [6.45, 7) is 0. The molecule has 1 nitrogen and oxygen atoms in total. The molecule has 2 aromatic rings. The Morgan fingerprint density at radius 1 is 0.905 bits per heavy atom. The van der Waals surface area contributed by atoms with Crippen molar-refractivity contribution in [1.29, 1.82) is 0 Å². The van der Waals surface area contributed by atoms with Crippen LogP contribution < -0.4 is 0 Å². The Kier molecular flexibility index (Phi) is 4.53. The van der Waals surface area contributed by atoms with Crippen molar-refractivity contribution in [2.45, 2.75) is 6.18 Å². The lowest BCUT2D eigenvalue weighted by Crippen LogP contribution is -2.11. The Hall–Kier alpha value is -1.21. The fraction of sp³-hybridized carbons (Fsp3) is 0.0714. The molecule has 0 spiro atoms. The molecule has 0 amide bonds. The molecule has 0 aliphatic heterocycles. The Bertz CT molecular complexity index is 690. The van der Waals surface area contributed by atoms with E-state index in [2.05, 4.69) is 31.9 Å². The molecule has 0 N–H and O–H groups in total. The minimum Gasteiger partial charge on any atom is -0.289 e. The molecule has 110 valence electrons. The van der Waals surface area contributed by atoms with E-state index in [0.717, 1.165) is 6.07 Å². The summed E-state index contributed by atoms with van der Waals surface area (Å²) in [5, 5.41) is 0. The average Bonchev–Trinajstić information content (AvgIpc) is 2.36. The molecular formula is C14H6Br2F4O. The predicted octanol–water partition coefficient (Wildman–Crippen LogP) is 5.60. The summed E-state index contributed by atoms with van der Waals surface area (Å²) in [5.41, 5.74) is -1.49. The largest absolute Gasteiger partial charge is 0.419 e. The Balaban J connectivity index is 2.49. The van der Waals surface area contributed by atoms with Gasteiger partial charge in [0, 0.05) is 20.1 Å². The number of ketones is 1. The van der Waals surface area contributed by atoms with Crippen LogP contribution in [0.2, 0.25) is 0 Å². The maximum Gasteiger partial charge on any atom is 0.419 e. The van der Waals surface area contributed by atoms with Crippen LogP contribution >= 0.6 is 31.9 Å². The standard InChI is InChI=1S/C14H6Br2F4O/c15-9-3-8(4-10(16)6-9)13(21)7-1-2-12(17)11(5-7)14(18,19)20/h1-6H. The minimum atomic E-state index is -4.85. The zero-order chi connectivity index (χ0) is 15.8. The summed E-state index contributed by atoms with van der Waals surface area (Å²) in [4.78, 5) is 12.2. The van der Waals surface area contributed by atoms with E-state index in [4.69, 9.17) is 0 Å². The van der Waals surface area contributed by atoms with Gasteiger partial charge >= 0.3 is 6.18 Å². The number of hydrogen-bond donors (Lipinski definition) is 0. The van der Waals surface area contributed by atoms with E-state index >= 15 is 0 Å². The highest BCUT2D eigenvalue weighted by molar-refractivity contribution is 9.11. The molecular weight excluding hydrogens is 420 g/mol. The molecule has 0 bridgehead atoms. The van der Waals surface area contributed by atoms with Gasteiger partial charge in [-0.05, 0) is 36.4 Å². The van der Waals surface area contributed by atoms with Crippen molar-refractivity contribution in [3.63, 3.8) is 0 Å². The number of carbonyl (C=O) groups excluding carboxylic acids is 1. The lowest BCUT2D eigenvalue weighted by atomic mass is 10.0. The van der Waals surface area contributed by atoms with Crippen LogP contribution in [-0.2, 0) is 6.18 Å². The van der Waals surface area contributed by atoms with Crippen molar-refractivity contribution in [2.24, 2.45) is 0 Å². The van der Waals surface area contributed by atoms with Crippen LogP contribution in [-0.4, -0.2) is 5.78 Å². The lowest BCUT2D eigenvalue weighted by molar-refractivity contribution is -0.140. The third-order valence-electron chi connectivity index (χ3n) is 2.66. The number of hydrogen-bond acceptors (Lipinski definition) is 1. The first kappa shape index (κ1) is 16.2. The maximum atomic E-state index is 13.2. The molecule has 2 aromatic carbocycles. The van der Waals surface area contributed by atoms with Gasteiger partial charge in [0.1, 0.15) is 5.82 Å². The zero-order valence-corrected chi connectivity index (χ0v) is 13.3. The smallest absolute Gasteiger partial charge is 0.289 e. The molecule has 0 radical (unpaired) electrons. The van der Waals surface area contributed by atoms with Crippen LogP contribution in [0.25, 0.3) is 0 Å². The predicted molar refractivity (Wildman–Crippen MR) is 76.7 cm³/mol. The summed E-state index contributed by atoms with van der Waals surface area (Å²) in [7, 11) is 0. The first-order valence-corrected chi connectivity index (χ1v) is 7.14. The zero-order valence-electron chi connectivity index (χ0n) is 10.1. The molecule has 0 atom stereocenters. The molecule has 0 heterocycles. The third-order valence-corrected chi connectivity index (χ3v) is 3.57. The van der Waals surface area contributed by atoms with Crippen LogP contribution in [0.5, 0.6) is 0 Å². The van der Waals surface area contributed by atoms with E-state index < -0.39 is 23.3 Å². The van der Waals surface area contributed by atoms with Gasteiger partial charge in [0.2, 0.25) is 0 Å². The topological polar surface area (TPSA) is 17.1 Å². The summed E-state index contributed by atoms with van der Waals surface area (Å²) < 4.78 is 52.4. The van der Waals surface area contributed by atoms with E-state index in [0.29, 0.717) is 21.1 Å². The van der Waals surface area contributed by atoms with Crippen molar-refractivity contribution >= 4 is 37.6 Å². The van der Waals surface area contributed by atoms with E-state index in [1.54, 1.807) is 6.07 Å². The Labute approximate surface area is 134 Å². The quantitative estimate of drug-likeness (QED) is 0.452. The van der Waals surface area contributed by atoms with Crippen LogP contribution in [0.3, 0.4) is 0 Å². The van der Waals surface area contributed by atoms with Gasteiger partial charge in [0.15, 0.2) is 5.78 Å². The van der Waals surface area contributed by atoms with Gasteiger partial charge in [0.25, 0.3) is 0 Å². The molecule has 2 rings (SSSR count). The van der Waals surface area contributed by atoms with Gasteiger partial charge < -0.3 is 0 Å². The second-order valence-electron chi connectivity index (χ2n) is 4.18. The number of carbonyl (C=O) groups is 1. The number of alkyl halides is 3. The molecule has 0 aromatic heterocycles. The normalized spacial score (nSPS) is 11.5. The number of halogens is 6. The van der Waals surface area contributed by atoms with Crippen molar-refractivity contribution in [1.82, 2.24) is 0 Å². The molecule has 21 heavy (non-hydrogen) atoms. The summed E-state index contributed by atoms with van der Waals surface area (Å²) >= 11 is 6.38. The van der Waals surface area contributed by atoms with E-state index in [1.807, 2.05) is 0 Å². The van der Waals surface area contributed by atoms with Crippen LogP contribution in [0.1, 0.15) is 21.5 Å². The third kappa shape index (κ3) is 3.71. The SMILES string of the molecule is O=C(c1cc(Br)cc(Br)c1)c1ccc(F)c(C(F)(F)F)c1. The van der Waals surface area contributed by atoms with Gasteiger partial charge in [-0.1, -0.05) is 31.9 Å². The van der Waals surface area contributed by atoms with Crippen LogP contribution in [0.15, 0.2) is 45.3 Å². The molecule has 7 heteroatoms. The first-order chi connectivity index (χ1) is 9.68. The molecule has 0 aliphatic carbocycles. The summed E-state index contributed by atoms with van der Waals surface area (Å²) in [6, 6.07) is 6.83. The van der Waals surface area contributed by atoms with E-state index in [-0.39, 0.29) is 11.1 Å². The maximum absolute atomic E-state index is 13.2. The average molecular weight is 426 g/mol. The highest BCUT2D eigenvalue weighted by Gasteiger charge is 2.34. The van der Waals surface area contributed by atoms with Crippen molar-refractivity contribution in [2.75, 3.05) is 0 Å². The van der Waals surface area contributed by atoms with Gasteiger partial charge in [-0.2, -0.15) is 13.2 Å². The van der Waals surface area contributed by atoms with Gasteiger partial charge in [-0.15, -0.1) is 0 Å². The summed E-state index contributed by atoms with van der Waals surface area (Å²) in [6.07, 6.45) is -4.85. The summed E-state index contributed by atoms with van der Waals surface area (Å²) in [5.74, 6) is -2.03. The highest BCUT2D eigenvalue weighted by Crippen LogP contribution is 2.32. The Morgan fingerprint density at radius 3 is 2.00 bits per heavy atom. The lowest BCUT2D eigenvalue weighted by Gasteiger charge is -2.10. The van der Waals surface area contributed by atoms with E-state index in [1.165, 1.54) is 12.1 Å². The first-order valence-electron chi connectivity index (χ1n) is 5.56. The van der Waals surface area contributed by atoms with Crippen molar-refractivity contribution < 1.29 is 22.4 Å². The van der Waals surface area contributed by atoms with Crippen LogP contribution in [0.4, 0.5) is 17.6 Å². The van der Waals surface area contributed by atoms with Gasteiger partial charge in [0.05, 0.1) is 5.56 Å². The van der Waals surface area contributed by atoms with Gasteiger partial charge in [-0.25, -0.2) is 4.39 Å². The van der Waals surface area contributed by atoms with Gasteiger partial charge in [-0.3, -0.25) is 4.79 Å². The fourth-order valence-corrected chi connectivity index (χ4v) is 3.03.